The first kappa shape index (κ1) is 15.7. The summed E-state index contributed by atoms with van der Waals surface area (Å²) in [5.41, 5.74) is 2.41. The predicted octanol–water partition coefficient (Wildman–Crippen LogP) is 5.21. The summed E-state index contributed by atoms with van der Waals surface area (Å²) in [6, 6.07) is 17.2. The molecule has 3 rings (SSSR count). The molecule has 0 aliphatic carbocycles. The Bertz CT molecular complexity index is 816. The second kappa shape index (κ2) is 6.93. The zero-order valence-electron chi connectivity index (χ0n) is 12.3. The number of aryl methyl sites for hydroxylation is 1. The minimum Gasteiger partial charge on any atom is -0.332 e. The van der Waals surface area contributed by atoms with Crippen molar-refractivity contribution in [2.45, 2.75) is 6.92 Å². The van der Waals surface area contributed by atoms with Crippen molar-refractivity contribution in [2.24, 2.45) is 0 Å². The lowest BCUT2D eigenvalue weighted by molar-refractivity contribution is 0.103. The summed E-state index contributed by atoms with van der Waals surface area (Å²) < 4.78 is 1.02. The van der Waals surface area contributed by atoms with E-state index >= 15 is 0 Å². The summed E-state index contributed by atoms with van der Waals surface area (Å²) in [5.74, 6) is -0.143. The molecule has 0 bridgehead atoms. The standard InChI is InChI=1S/C17H14BrN3OS/c1-11-15(16(22)20-13-5-3-2-4-6-13)23-17(19-11)21-14-9-7-12(18)8-10-14/h2-10H,1H3,(H,19,21)(H,20,22). The van der Waals surface area contributed by atoms with Gasteiger partial charge in [-0.2, -0.15) is 0 Å². The van der Waals surface area contributed by atoms with Gasteiger partial charge >= 0.3 is 0 Å². The van der Waals surface area contributed by atoms with Gasteiger partial charge in [-0.25, -0.2) is 4.98 Å². The zero-order valence-corrected chi connectivity index (χ0v) is 14.7. The first-order chi connectivity index (χ1) is 11.1. The highest BCUT2D eigenvalue weighted by Crippen LogP contribution is 2.27. The molecule has 6 heteroatoms. The van der Waals surface area contributed by atoms with E-state index in [0.29, 0.717) is 15.7 Å². The second-order valence-corrected chi connectivity index (χ2v) is 6.80. The number of aromatic nitrogens is 1. The zero-order chi connectivity index (χ0) is 16.2. The first-order valence-corrected chi connectivity index (χ1v) is 8.59. The summed E-state index contributed by atoms with van der Waals surface area (Å²) in [5, 5.41) is 6.80. The summed E-state index contributed by atoms with van der Waals surface area (Å²) in [4.78, 5) is 17.4. The lowest BCUT2D eigenvalue weighted by atomic mass is 10.3. The van der Waals surface area contributed by atoms with Crippen LogP contribution in [0.4, 0.5) is 16.5 Å². The van der Waals surface area contributed by atoms with Crippen LogP contribution in [-0.2, 0) is 0 Å². The molecule has 0 saturated heterocycles. The molecule has 3 aromatic rings. The van der Waals surface area contributed by atoms with Gasteiger partial charge in [0.1, 0.15) is 4.88 Å². The second-order valence-electron chi connectivity index (χ2n) is 4.89. The lowest BCUT2D eigenvalue weighted by Gasteiger charge is -2.03. The van der Waals surface area contributed by atoms with Crippen LogP contribution in [-0.4, -0.2) is 10.9 Å². The van der Waals surface area contributed by atoms with Crippen molar-refractivity contribution in [3.8, 4) is 0 Å². The Morgan fingerprint density at radius 1 is 1.04 bits per heavy atom. The molecule has 0 unspecified atom stereocenters. The van der Waals surface area contributed by atoms with E-state index in [1.165, 1.54) is 11.3 Å². The van der Waals surface area contributed by atoms with E-state index < -0.39 is 0 Å². The average Bonchev–Trinajstić information content (AvgIpc) is 2.91. The number of nitrogens with zero attached hydrogens (tertiary/aromatic N) is 1. The van der Waals surface area contributed by atoms with E-state index in [0.717, 1.165) is 15.8 Å². The summed E-state index contributed by atoms with van der Waals surface area (Å²) in [7, 11) is 0. The summed E-state index contributed by atoms with van der Waals surface area (Å²) >= 11 is 4.74. The molecule has 0 radical (unpaired) electrons. The van der Waals surface area contributed by atoms with E-state index in [4.69, 9.17) is 0 Å². The highest BCUT2D eigenvalue weighted by atomic mass is 79.9. The predicted molar refractivity (Wildman–Crippen MR) is 98.7 cm³/mol. The quantitative estimate of drug-likeness (QED) is 0.645. The third-order valence-corrected chi connectivity index (χ3v) is 4.73. The highest BCUT2D eigenvalue weighted by molar-refractivity contribution is 9.10. The normalized spacial score (nSPS) is 10.3. The number of carbonyl (C=O) groups excluding carboxylic acids is 1. The van der Waals surface area contributed by atoms with Crippen molar-refractivity contribution in [2.75, 3.05) is 10.6 Å². The number of nitrogens with one attached hydrogen (secondary N) is 2. The fraction of sp³-hybridized carbons (Fsp3) is 0.0588. The Kier molecular flexibility index (Phi) is 4.73. The fourth-order valence-corrected chi connectivity index (χ4v) is 3.17. The number of para-hydroxylation sites is 1. The number of hydrogen-bond donors (Lipinski definition) is 2. The minimum atomic E-state index is -0.143. The molecule has 0 aliphatic rings. The third kappa shape index (κ3) is 3.97. The van der Waals surface area contributed by atoms with Crippen LogP contribution in [0.5, 0.6) is 0 Å². The molecule has 23 heavy (non-hydrogen) atoms. The molecule has 0 aliphatic heterocycles. The minimum absolute atomic E-state index is 0.143. The van der Waals surface area contributed by atoms with Gasteiger partial charge in [0.15, 0.2) is 5.13 Å². The highest BCUT2D eigenvalue weighted by Gasteiger charge is 2.15. The lowest BCUT2D eigenvalue weighted by Crippen LogP contribution is -2.11. The van der Waals surface area contributed by atoms with Crippen molar-refractivity contribution in [1.82, 2.24) is 4.98 Å². The molecule has 116 valence electrons. The molecule has 0 fully saturated rings. The van der Waals surface area contributed by atoms with Crippen LogP contribution in [0.3, 0.4) is 0 Å². The van der Waals surface area contributed by atoms with Crippen LogP contribution in [0.25, 0.3) is 0 Å². The number of thiazole rings is 1. The van der Waals surface area contributed by atoms with Crippen LogP contribution in [0.2, 0.25) is 0 Å². The Hall–Kier alpha value is -2.18. The molecule has 1 amide bonds. The number of halogens is 1. The van der Waals surface area contributed by atoms with Crippen LogP contribution >= 0.6 is 27.3 Å². The Labute approximate surface area is 146 Å². The van der Waals surface area contributed by atoms with Crippen LogP contribution < -0.4 is 10.6 Å². The Balaban J connectivity index is 1.75. The molecular formula is C17H14BrN3OS. The van der Waals surface area contributed by atoms with E-state index in [1.54, 1.807) is 0 Å². The van der Waals surface area contributed by atoms with Gasteiger partial charge in [-0.3, -0.25) is 4.79 Å². The topological polar surface area (TPSA) is 54.0 Å². The number of amides is 1. The number of hydrogen-bond acceptors (Lipinski definition) is 4. The molecule has 0 atom stereocenters. The number of anilines is 3. The molecule has 1 aromatic heterocycles. The van der Waals surface area contributed by atoms with Crippen molar-refractivity contribution in [3.05, 3.63) is 69.6 Å². The van der Waals surface area contributed by atoms with Crippen LogP contribution in [0, 0.1) is 6.92 Å². The van der Waals surface area contributed by atoms with Crippen molar-refractivity contribution in [3.63, 3.8) is 0 Å². The van der Waals surface area contributed by atoms with E-state index in [1.807, 2.05) is 61.5 Å². The van der Waals surface area contributed by atoms with Gasteiger partial charge in [0.25, 0.3) is 5.91 Å². The molecule has 0 spiro atoms. The van der Waals surface area contributed by atoms with Crippen LogP contribution in [0.15, 0.2) is 59.1 Å². The monoisotopic (exact) mass is 387 g/mol. The largest absolute Gasteiger partial charge is 0.332 e. The molecule has 0 saturated carbocycles. The summed E-state index contributed by atoms with van der Waals surface area (Å²) in [6.45, 7) is 1.84. The SMILES string of the molecule is Cc1nc(Nc2ccc(Br)cc2)sc1C(=O)Nc1ccccc1. The third-order valence-electron chi connectivity index (χ3n) is 3.13. The van der Waals surface area contributed by atoms with Gasteiger partial charge in [-0.05, 0) is 43.3 Å². The number of rotatable bonds is 4. The molecule has 4 nitrogen and oxygen atoms in total. The van der Waals surface area contributed by atoms with Gasteiger partial charge in [0.05, 0.1) is 5.69 Å². The van der Waals surface area contributed by atoms with Crippen molar-refractivity contribution in [1.29, 1.82) is 0 Å². The molecular weight excluding hydrogens is 374 g/mol. The molecule has 2 aromatic carbocycles. The summed E-state index contributed by atoms with van der Waals surface area (Å²) in [6.07, 6.45) is 0. The van der Waals surface area contributed by atoms with Gasteiger partial charge in [0.2, 0.25) is 0 Å². The first-order valence-electron chi connectivity index (χ1n) is 6.98. The number of benzene rings is 2. The number of carbonyl (C=O) groups is 1. The molecule has 2 N–H and O–H groups in total. The fourth-order valence-electron chi connectivity index (χ4n) is 2.03. The van der Waals surface area contributed by atoms with E-state index in [2.05, 4.69) is 31.5 Å². The van der Waals surface area contributed by atoms with Gasteiger partial charge in [-0.1, -0.05) is 45.5 Å². The van der Waals surface area contributed by atoms with E-state index in [-0.39, 0.29) is 5.91 Å². The smallest absolute Gasteiger partial charge is 0.267 e. The van der Waals surface area contributed by atoms with Gasteiger partial charge < -0.3 is 10.6 Å². The van der Waals surface area contributed by atoms with Crippen LogP contribution in [0.1, 0.15) is 15.4 Å². The molecule has 1 heterocycles. The average molecular weight is 388 g/mol. The van der Waals surface area contributed by atoms with Crippen molar-refractivity contribution >= 4 is 49.7 Å². The maximum Gasteiger partial charge on any atom is 0.267 e. The Morgan fingerprint density at radius 3 is 2.43 bits per heavy atom. The Morgan fingerprint density at radius 2 is 1.74 bits per heavy atom. The van der Waals surface area contributed by atoms with Gasteiger partial charge in [0, 0.05) is 15.8 Å². The van der Waals surface area contributed by atoms with Gasteiger partial charge in [-0.15, -0.1) is 0 Å². The van der Waals surface area contributed by atoms with Crippen molar-refractivity contribution < 1.29 is 4.79 Å². The maximum absolute atomic E-state index is 12.4. The maximum atomic E-state index is 12.4. The van der Waals surface area contributed by atoms with E-state index in [9.17, 15) is 4.79 Å².